The van der Waals surface area contributed by atoms with Gasteiger partial charge in [-0.05, 0) is 119 Å². The van der Waals surface area contributed by atoms with Crippen molar-refractivity contribution in [1.29, 1.82) is 0 Å². The standard InChI is InChI=1S/C47H58N2O6S2/c1-33-15-19-38(20-16-33)45-36(21-25-43-46(4,5)39-31-34(2)17-23-41(39)48(43)27-8-10-29-56(50,51)52)13-12-14-37(45)22-26-44-47(6,7)40-32-35(3)18-24-42(40)49(44)28-9-11-30-57(53,54)55/h15-26,31-32H,8-14,27-30H2,1-7H3,(H-,50,51,52,53,54,55)/p+1. The lowest BCUT2D eigenvalue weighted by Gasteiger charge is -2.28. The summed E-state index contributed by atoms with van der Waals surface area (Å²) in [7, 11) is -8.04. The maximum Gasteiger partial charge on any atom is 0.264 e. The van der Waals surface area contributed by atoms with Gasteiger partial charge < -0.3 is 4.90 Å². The zero-order valence-corrected chi connectivity index (χ0v) is 36.2. The van der Waals surface area contributed by atoms with Crippen LogP contribution in [0.4, 0.5) is 11.4 Å². The van der Waals surface area contributed by atoms with Gasteiger partial charge in [0.2, 0.25) is 5.69 Å². The number of allylic oxidation sites excluding steroid dienone is 8. The molecule has 304 valence electrons. The number of nitrogens with zero attached hydrogens (tertiary/aromatic N) is 2. The molecule has 0 amide bonds. The van der Waals surface area contributed by atoms with Crippen LogP contribution in [0.5, 0.6) is 0 Å². The van der Waals surface area contributed by atoms with E-state index in [1.807, 2.05) is 0 Å². The number of fused-ring (bicyclic) bond motifs is 2. The van der Waals surface area contributed by atoms with Crippen molar-refractivity contribution >= 4 is 42.9 Å². The molecule has 0 unspecified atom stereocenters. The topological polar surface area (TPSA) is 115 Å². The third-order valence-corrected chi connectivity index (χ3v) is 13.5. The summed E-state index contributed by atoms with van der Waals surface area (Å²) in [5.41, 5.74) is 15.1. The van der Waals surface area contributed by atoms with E-state index >= 15 is 0 Å². The summed E-state index contributed by atoms with van der Waals surface area (Å²) >= 11 is 0. The van der Waals surface area contributed by atoms with Crippen molar-refractivity contribution in [2.45, 2.75) is 104 Å². The maximum absolute atomic E-state index is 11.5. The Morgan fingerprint density at radius 1 is 0.702 bits per heavy atom. The molecule has 2 heterocycles. The number of aryl methyl sites for hydroxylation is 3. The fraction of sp³-hybridized carbons (Fsp3) is 0.426. The first-order chi connectivity index (χ1) is 26.8. The van der Waals surface area contributed by atoms with Gasteiger partial charge >= 0.3 is 0 Å². The molecule has 2 N–H and O–H groups in total. The summed E-state index contributed by atoms with van der Waals surface area (Å²) in [5, 5.41) is 0. The monoisotopic (exact) mass is 811 g/mol. The molecule has 2 aliphatic heterocycles. The van der Waals surface area contributed by atoms with Gasteiger partial charge in [-0.2, -0.15) is 21.4 Å². The molecule has 0 saturated carbocycles. The Balaban J connectivity index is 1.43. The third kappa shape index (κ3) is 9.62. The predicted molar refractivity (Wildman–Crippen MR) is 234 cm³/mol. The minimum absolute atomic E-state index is 0.247. The Morgan fingerprint density at radius 2 is 1.32 bits per heavy atom. The SMILES string of the molecule is Cc1ccc(C2=C(/C=C/C3=[N+](CCCCS(=O)(=O)O)c4ccc(C)cc4C3(C)C)CCC/C2=C\C=C2\N(CCCCS(=O)(=O)O)c3ccc(C)cc3C2(C)C)cc1. The molecule has 3 aromatic rings. The second-order valence-electron chi connectivity index (χ2n) is 17.2. The first kappa shape index (κ1) is 42.5. The van der Waals surface area contributed by atoms with E-state index in [4.69, 9.17) is 0 Å². The average Bonchev–Trinajstić information content (AvgIpc) is 3.46. The lowest BCUT2D eigenvalue weighted by molar-refractivity contribution is -0.438. The highest BCUT2D eigenvalue weighted by Crippen LogP contribution is 2.49. The van der Waals surface area contributed by atoms with E-state index in [-0.39, 0.29) is 22.3 Å². The Labute approximate surface area is 340 Å². The van der Waals surface area contributed by atoms with Crippen molar-refractivity contribution in [3.63, 3.8) is 0 Å². The molecular weight excluding hydrogens is 753 g/mol. The molecule has 0 bridgehead atoms. The van der Waals surface area contributed by atoms with Crippen LogP contribution in [-0.4, -0.2) is 60.8 Å². The Morgan fingerprint density at radius 3 is 1.98 bits per heavy atom. The Kier molecular flexibility index (Phi) is 12.4. The second kappa shape index (κ2) is 16.6. The van der Waals surface area contributed by atoms with Gasteiger partial charge in [-0.1, -0.05) is 85.2 Å². The van der Waals surface area contributed by atoms with Crippen LogP contribution >= 0.6 is 0 Å². The summed E-state index contributed by atoms with van der Waals surface area (Å²) in [6, 6.07) is 21.9. The highest BCUT2D eigenvalue weighted by atomic mass is 32.2. The van der Waals surface area contributed by atoms with E-state index in [0.29, 0.717) is 38.8 Å². The van der Waals surface area contributed by atoms with Gasteiger partial charge in [0.05, 0.1) is 16.9 Å². The summed E-state index contributed by atoms with van der Waals surface area (Å²) in [6.07, 6.45) is 14.0. The maximum atomic E-state index is 11.5. The van der Waals surface area contributed by atoms with Gasteiger partial charge in [0.25, 0.3) is 20.2 Å². The molecule has 6 rings (SSSR count). The lowest BCUT2D eigenvalue weighted by atomic mass is 9.79. The highest BCUT2D eigenvalue weighted by Gasteiger charge is 2.44. The van der Waals surface area contributed by atoms with Crippen LogP contribution in [0.3, 0.4) is 0 Å². The molecule has 10 heteroatoms. The molecule has 0 radical (unpaired) electrons. The number of benzene rings is 3. The van der Waals surface area contributed by atoms with Crippen molar-refractivity contribution in [2.24, 2.45) is 0 Å². The van der Waals surface area contributed by atoms with Crippen LogP contribution in [0.2, 0.25) is 0 Å². The third-order valence-electron chi connectivity index (χ3n) is 11.9. The van der Waals surface area contributed by atoms with Crippen LogP contribution in [0, 0.1) is 20.8 Å². The molecule has 3 aliphatic rings. The Bertz CT molecular complexity index is 2410. The zero-order chi connectivity index (χ0) is 41.3. The van der Waals surface area contributed by atoms with Crippen LogP contribution in [0.25, 0.3) is 5.57 Å². The Hall–Kier alpha value is -4.09. The van der Waals surface area contributed by atoms with Crippen molar-refractivity contribution in [2.75, 3.05) is 29.5 Å². The molecule has 0 aromatic heterocycles. The van der Waals surface area contributed by atoms with Gasteiger partial charge in [-0.25, -0.2) is 0 Å². The van der Waals surface area contributed by atoms with Gasteiger partial charge in [0.1, 0.15) is 6.54 Å². The fourth-order valence-corrected chi connectivity index (χ4v) is 10.0. The molecule has 3 aromatic carbocycles. The van der Waals surface area contributed by atoms with Crippen LogP contribution in [-0.2, 0) is 31.1 Å². The zero-order valence-electron chi connectivity index (χ0n) is 34.6. The number of unbranched alkanes of at least 4 members (excludes halogenated alkanes) is 2. The van der Waals surface area contributed by atoms with E-state index in [1.165, 1.54) is 50.1 Å². The number of rotatable bonds is 14. The molecule has 0 fully saturated rings. The molecule has 0 atom stereocenters. The average molecular weight is 812 g/mol. The van der Waals surface area contributed by atoms with E-state index in [9.17, 15) is 25.9 Å². The number of anilines is 1. The van der Waals surface area contributed by atoms with Crippen molar-refractivity contribution in [3.05, 3.63) is 135 Å². The van der Waals surface area contributed by atoms with E-state index < -0.39 is 20.2 Å². The normalized spacial score (nSPS) is 19.4. The largest absolute Gasteiger partial charge is 0.344 e. The first-order valence-electron chi connectivity index (χ1n) is 20.2. The van der Waals surface area contributed by atoms with Gasteiger partial charge in [-0.15, -0.1) is 0 Å². The van der Waals surface area contributed by atoms with Gasteiger partial charge in [0.15, 0.2) is 5.71 Å². The van der Waals surface area contributed by atoms with Crippen molar-refractivity contribution in [3.8, 4) is 0 Å². The minimum atomic E-state index is -4.02. The second-order valence-corrected chi connectivity index (χ2v) is 20.3. The van der Waals surface area contributed by atoms with Crippen LogP contribution in [0.15, 0.2) is 102 Å². The van der Waals surface area contributed by atoms with E-state index in [0.717, 1.165) is 42.0 Å². The first-order valence-corrected chi connectivity index (χ1v) is 23.4. The molecule has 57 heavy (non-hydrogen) atoms. The lowest BCUT2D eigenvalue weighted by Crippen LogP contribution is -2.28. The molecule has 8 nitrogen and oxygen atoms in total. The summed E-state index contributed by atoms with van der Waals surface area (Å²) in [4.78, 5) is 2.33. The van der Waals surface area contributed by atoms with Gasteiger partial charge in [0, 0.05) is 47.5 Å². The molecule has 0 saturated heterocycles. The van der Waals surface area contributed by atoms with Gasteiger partial charge in [-0.3, -0.25) is 9.11 Å². The number of hydrogen-bond donors (Lipinski definition) is 2. The van der Waals surface area contributed by atoms with Crippen molar-refractivity contribution in [1.82, 2.24) is 0 Å². The molecular formula is C47H59N2O6S2+. The van der Waals surface area contributed by atoms with Crippen molar-refractivity contribution < 1.29 is 30.5 Å². The minimum Gasteiger partial charge on any atom is -0.344 e. The summed E-state index contributed by atoms with van der Waals surface area (Å²) in [5.74, 6) is -0.494. The van der Waals surface area contributed by atoms with E-state index in [2.05, 4.69) is 143 Å². The quantitative estimate of drug-likeness (QED) is 0.0946. The highest BCUT2D eigenvalue weighted by molar-refractivity contribution is 7.86. The smallest absolute Gasteiger partial charge is 0.264 e. The van der Waals surface area contributed by atoms with Crippen LogP contribution < -0.4 is 4.90 Å². The summed E-state index contributed by atoms with van der Waals surface area (Å²) in [6.45, 7) is 16.6. The fourth-order valence-electron chi connectivity index (χ4n) is 8.88. The molecule has 0 spiro atoms. The van der Waals surface area contributed by atoms with E-state index in [1.54, 1.807) is 0 Å². The number of hydrogen-bond acceptors (Lipinski definition) is 5. The predicted octanol–water partition coefficient (Wildman–Crippen LogP) is 10.1. The molecule has 1 aliphatic carbocycles. The summed E-state index contributed by atoms with van der Waals surface area (Å²) < 4.78 is 67.1. The van der Waals surface area contributed by atoms with Crippen LogP contribution in [0.1, 0.15) is 106 Å².